The Bertz CT molecular complexity index is 326. The summed E-state index contributed by atoms with van der Waals surface area (Å²) in [5.74, 6) is 4.58. The van der Waals surface area contributed by atoms with Crippen LogP contribution < -0.4 is 0 Å². The quantitative estimate of drug-likeness (QED) is 0.573. The minimum Gasteiger partial charge on any atom is -0.0825 e. The third kappa shape index (κ3) is 2.67. The van der Waals surface area contributed by atoms with Crippen LogP contribution in [0, 0.1) is 29.6 Å². The van der Waals surface area contributed by atoms with Gasteiger partial charge in [0.1, 0.15) is 0 Å². The predicted molar refractivity (Wildman–Crippen MR) is 75.8 cm³/mol. The Hall–Kier alpha value is -0.520. The summed E-state index contributed by atoms with van der Waals surface area (Å²) in [6.45, 7) is 11.5. The maximum atomic E-state index is 2.55. The van der Waals surface area contributed by atoms with Gasteiger partial charge in [0, 0.05) is 0 Å². The van der Waals surface area contributed by atoms with Crippen molar-refractivity contribution in [1.82, 2.24) is 0 Å². The van der Waals surface area contributed by atoms with Gasteiger partial charge < -0.3 is 0 Å². The minimum atomic E-state index is 0.850. The highest BCUT2D eigenvalue weighted by Gasteiger charge is 2.46. The molecule has 17 heavy (non-hydrogen) atoms. The molecule has 2 aliphatic rings. The second-order valence-electron chi connectivity index (χ2n) is 6.85. The van der Waals surface area contributed by atoms with Gasteiger partial charge in [-0.1, -0.05) is 36.6 Å². The van der Waals surface area contributed by atoms with Crippen molar-refractivity contribution in [3.63, 3.8) is 0 Å². The molecule has 96 valence electrons. The Morgan fingerprint density at radius 1 is 0.882 bits per heavy atom. The van der Waals surface area contributed by atoms with E-state index < -0.39 is 0 Å². The van der Waals surface area contributed by atoms with Crippen LogP contribution in [0.2, 0.25) is 0 Å². The SMILES string of the molecule is CC(C)=CC1CC(C=C(C)C)C2C(C)CCC12. The first kappa shape index (κ1) is 12.9. The standard InChI is InChI=1S/C17H28/c1-11(2)8-14-10-15(9-12(3)4)17-13(5)6-7-16(14)17/h8-9,13-17H,6-7,10H2,1-5H3. The molecule has 0 aromatic carbocycles. The van der Waals surface area contributed by atoms with E-state index in [9.17, 15) is 0 Å². The fraction of sp³-hybridized carbons (Fsp3) is 0.765. The third-order valence-corrected chi connectivity index (χ3v) is 4.79. The molecule has 0 heteroatoms. The molecule has 0 radical (unpaired) electrons. The van der Waals surface area contributed by atoms with E-state index in [-0.39, 0.29) is 0 Å². The summed E-state index contributed by atoms with van der Waals surface area (Å²) in [5.41, 5.74) is 3.01. The van der Waals surface area contributed by atoms with E-state index in [1.165, 1.54) is 30.4 Å². The predicted octanol–water partition coefficient (Wildman–Crippen LogP) is 5.22. The smallest absolute Gasteiger partial charge is 0.0192 e. The zero-order chi connectivity index (χ0) is 12.6. The first-order valence-electron chi connectivity index (χ1n) is 7.29. The maximum absolute atomic E-state index is 2.55. The molecule has 0 aliphatic heterocycles. The molecule has 2 aliphatic carbocycles. The summed E-state index contributed by atoms with van der Waals surface area (Å²) in [6, 6.07) is 0. The fourth-order valence-electron chi connectivity index (χ4n) is 4.37. The van der Waals surface area contributed by atoms with Crippen LogP contribution in [0.25, 0.3) is 0 Å². The van der Waals surface area contributed by atoms with Gasteiger partial charge in [0.05, 0.1) is 0 Å². The van der Waals surface area contributed by atoms with E-state index in [2.05, 4.69) is 46.8 Å². The first-order chi connectivity index (χ1) is 7.99. The minimum absolute atomic E-state index is 0.850. The van der Waals surface area contributed by atoms with E-state index in [0.717, 1.165) is 29.6 Å². The second kappa shape index (κ2) is 5.00. The van der Waals surface area contributed by atoms with Gasteiger partial charge in [0.15, 0.2) is 0 Å². The van der Waals surface area contributed by atoms with Crippen LogP contribution in [0.5, 0.6) is 0 Å². The molecule has 5 atom stereocenters. The summed E-state index contributed by atoms with van der Waals surface area (Å²) in [6.07, 6.45) is 9.42. The number of fused-ring (bicyclic) bond motifs is 1. The largest absolute Gasteiger partial charge is 0.0825 e. The topological polar surface area (TPSA) is 0 Å². The summed E-state index contributed by atoms with van der Waals surface area (Å²) < 4.78 is 0. The average Bonchev–Trinajstić information content (AvgIpc) is 2.69. The van der Waals surface area contributed by atoms with E-state index in [0.29, 0.717) is 0 Å². The zero-order valence-electron chi connectivity index (χ0n) is 12.2. The van der Waals surface area contributed by atoms with E-state index in [1.54, 1.807) is 0 Å². The highest BCUT2D eigenvalue weighted by molar-refractivity contribution is 5.13. The van der Waals surface area contributed by atoms with E-state index >= 15 is 0 Å². The van der Waals surface area contributed by atoms with Crippen LogP contribution in [0.1, 0.15) is 53.9 Å². The van der Waals surface area contributed by atoms with Crippen LogP contribution in [0.15, 0.2) is 23.3 Å². The van der Waals surface area contributed by atoms with Gasteiger partial charge in [0.2, 0.25) is 0 Å². The molecule has 2 rings (SSSR count). The molecule has 2 fully saturated rings. The van der Waals surface area contributed by atoms with Crippen molar-refractivity contribution in [1.29, 1.82) is 0 Å². The lowest BCUT2D eigenvalue weighted by atomic mass is 9.84. The van der Waals surface area contributed by atoms with Crippen LogP contribution >= 0.6 is 0 Å². The molecule has 0 aromatic heterocycles. The van der Waals surface area contributed by atoms with Crippen molar-refractivity contribution in [3.8, 4) is 0 Å². The molecule has 0 heterocycles. The highest BCUT2D eigenvalue weighted by atomic mass is 14.5. The summed E-state index contributed by atoms with van der Waals surface area (Å²) in [7, 11) is 0. The van der Waals surface area contributed by atoms with Crippen LogP contribution in [-0.2, 0) is 0 Å². The monoisotopic (exact) mass is 232 g/mol. The fourth-order valence-corrected chi connectivity index (χ4v) is 4.37. The Labute approximate surface area is 107 Å². The molecule has 0 N–H and O–H groups in total. The van der Waals surface area contributed by atoms with Crippen molar-refractivity contribution in [2.45, 2.75) is 53.9 Å². The van der Waals surface area contributed by atoms with Crippen molar-refractivity contribution in [2.75, 3.05) is 0 Å². The van der Waals surface area contributed by atoms with Gasteiger partial charge in [-0.3, -0.25) is 0 Å². The molecular formula is C17H28. The van der Waals surface area contributed by atoms with Gasteiger partial charge in [-0.2, -0.15) is 0 Å². The maximum Gasteiger partial charge on any atom is -0.0192 e. The number of rotatable bonds is 2. The van der Waals surface area contributed by atoms with Gasteiger partial charge in [-0.15, -0.1) is 0 Å². The Morgan fingerprint density at radius 3 is 2.06 bits per heavy atom. The van der Waals surface area contributed by atoms with Crippen LogP contribution in [0.4, 0.5) is 0 Å². The normalized spacial score (nSPS) is 39.9. The van der Waals surface area contributed by atoms with Gasteiger partial charge in [-0.05, 0) is 70.1 Å². The molecular weight excluding hydrogens is 204 g/mol. The van der Waals surface area contributed by atoms with Crippen molar-refractivity contribution >= 4 is 0 Å². The molecule has 2 saturated carbocycles. The molecule has 0 nitrogen and oxygen atoms in total. The van der Waals surface area contributed by atoms with Gasteiger partial charge in [0.25, 0.3) is 0 Å². The lowest BCUT2D eigenvalue weighted by Crippen LogP contribution is -2.15. The molecule has 5 unspecified atom stereocenters. The molecule has 0 spiro atoms. The van der Waals surface area contributed by atoms with Crippen molar-refractivity contribution in [3.05, 3.63) is 23.3 Å². The third-order valence-electron chi connectivity index (χ3n) is 4.79. The van der Waals surface area contributed by atoms with E-state index in [1.807, 2.05) is 0 Å². The van der Waals surface area contributed by atoms with Gasteiger partial charge >= 0.3 is 0 Å². The first-order valence-corrected chi connectivity index (χ1v) is 7.29. The summed E-state index contributed by atoms with van der Waals surface area (Å²) in [5, 5.41) is 0. The lowest BCUT2D eigenvalue weighted by molar-refractivity contribution is 0.315. The zero-order valence-corrected chi connectivity index (χ0v) is 12.2. The Morgan fingerprint density at radius 2 is 1.47 bits per heavy atom. The number of allylic oxidation sites excluding steroid dienone is 4. The summed E-state index contributed by atoms with van der Waals surface area (Å²) >= 11 is 0. The molecule has 0 saturated heterocycles. The number of hydrogen-bond acceptors (Lipinski definition) is 0. The lowest BCUT2D eigenvalue weighted by Gasteiger charge is -2.21. The molecule has 0 bridgehead atoms. The second-order valence-corrected chi connectivity index (χ2v) is 6.85. The Kier molecular flexibility index (Phi) is 3.80. The Balaban J connectivity index is 2.21. The van der Waals surface area contributed by atoms with Crippen molar-refractivity contribution < 1.29 is 0 Å². The van der Waals surface area contributed by atoms with Gasteiger partial charge in [-0.25, -0.2) is 0 Å². The molecule has 0 aromatic rings. The molecule has 0 amide bonds. The van der Waals surface area contributed by atoms with E-state index in [4.69, 9.17) is 0 Å². The summed E-state index contributed by atoms with van der Waals surface area (Å²) in [4.78, 5) is 0. The number of hydrogen-bond donors (Lipinski definition) is 0. The average molecular weight is 232 g/mol. The van der Waals surface area contributed by atoms with Crippen LogP contribution in [-0.4, -0.2) is 0 Å². The highest BCUT2D eigenvalue weighted by Crippen LogP contribution is 2.54. The van der Waals surface area contributed by atoms with Crippen molar-refractivity contribution in [2.24, 2.45) is 29.6 Å². The van der Waals surface area contributed by atoms with Crippen LogP contribution in [0.3, 0.4) is 0 Å².